The number of ether oxygens (including phenoxy) is 2. The second-order valence-corrected chi connectivity index (χ2v) is 6.85. The first-order chi connectivity index (χ1) is 13.7. The van der Waals surface area contributed by atoms with Crippen molar-refractivity contribution in [3.05, 3.63) is 35.9 Å². The van der Waals surface area contributed by atoms with Crippen molar-refractivity contribution in [1.29, 1.82) is 0 Å². The molecular weight excluding hydrogens is 354 g/mol. The first kappa shape index (κ1) is 20.1. The molecule has 1 N–H and O–H groups in total. The predicted molar refractivity (Wildman–Crippen MR) is 111 cm³/mol. The van der Waals surface area contributed by atoms with Crippen LogP contribution < -0.4 is 9.47 Å². The zero-order chi connectivity index (χ0) is 19.9. The Labute approximate surface area is 166 Å². The molecule has 0 bridgehead atoms. The van der Waals surface area contributed by atoms with Gasteiger partial charge < -0.3 is 14.6 Å². The second-order valence-electron chi connectivity index (χ2n) is 6.85. The minimum Gasteiger partial charge on any atom is -0.478 e. The fraction of sp³-hybridized carbons (Fsp3) is 0.455. The summed E-state index contributed by atoms with van der Waals surface area (Å²) in [7, 11) is 1.89. The second kappa shape index (κ2) is 9.55. The van der Waals surface area contributed by atoms with Crippen molar-refractivity contribution < 1.29 is 14.6 Å². The number of benzene rings is 1. The molecule has 0 fully saturated rings. The summed E-state index contributed by atoms with van der Waals surface area (Å²) in [6, 6.07) is 9.69. The molecule has 2 heterocycles. The summed E-state index contributed by atoms with van der Waals surface area (Å²) in [5.74, 6) is 1.11. The van der Waals surface area contributed by atoms with E-state index in [2.05, 4.69) is 18.8 Å². The maximum absolute atomic E-state index is 9.68. The van der Waals surface area contributed by atoms with Gasteiger partial charge in [0.25, 0.3) is 0 Å². The monoisotopic (exact) mass is 383 g/mol. The van der Waals surface area contributed by atoms with Crippen LogP contribution in [0.3, 0.4) is 0 Å². The number of nitrogens with zero attached hydrogens (tertiary/aromatic N) is 3. The van der Waals surface area contributed by atoms with Crippen molar-refractivity contribution in [1.82, 2.24) is 14.8 Å². The van der Waals surface area contributed by atoms with Gasteiger partial charge in [0.2, 0.25) is 11.8 Å². The van der Waals surface area contributed by atoms with Crippen molar-refractivity contribution in [2.24, 2.45) is 7.05 Å². The van der Waals surface area contributed by atoms with E-state index in [0.29, 0.717) is 25.0 Å². The van der Waals surface area contributed by atoms with Gasteiger partial charge in [0, 0.05) is 24.1 Å². The number of hydrogen-bond acceptors (Lipinski definition) is 5. The summed E-state index contributed by atoms with van der Waals surface area (Å²) in [6.07, 6.45) is 4.07. The summed E-state index contributed by atoms with van der Waals surface area (Å²) < 4.78 is 13.6. The Kier molecular flexibility index (Phi) is 6.87. The summed E-state index contributed by atoms with van der Waals surface area (Å²) in [6.45, 7) is 5.47. The fourth-order valence-corrected chi connectivity index (χ4v) is 3.17. The van der Waals surface area contributed by atoms with Gasteiger partial charge in [-0.15, -0.1) is 0 Å². The lowest BCUT2D eigenvalue weighted by Gasteiger charge is -2.12. The molecule has 0 unspecified atom stereocenters. The number of aliphatic hydroxyl groups is 1. The average molecular weight is 383 g/mol. The first-order valence-corrected chi connectivity index (χ1v) is 10.0. The van der Waals surface area contributed by atoms with E-state index < -0.39 is 0 Å². The van der Waals surface area contributed by atoms with Crippen molar-refractivity contribution in [2.45, 2.75) is 46.1 Å². The lowest BCUT2D eigenvalue weighted by molar-refractivity contribution is 0.274. The Morgan fingerprint density at radius 1 is 1.00 bits per heavy atom. The van der Waals surface area contributed by atoms with Crippen LogP contribution in [0.15, 0.2) is 30.3 Å². The zero-order valence-electron chi connectivity index (χ0n) is 16.9. The fourth-order valence-electron chi connectivity index (χ4n) is 3.17. The van der Waals surface area contributed by atoms with Gasteiger partial charge in [-0.2, -0.15) is 10.1 Å². The van der Waals surface area contributed by atoms with E-state index in [4.69, 9.17) is 14.6 Å². The number of aromatic nitrogens is 3. The van der Waals surface area contributed by atoms with Crippen LogP contribution in [0.25, 0.3) is 22.2 Å². The third kappa shape index (κ3) is 4.28. The van der Waals surface area contributed by atoms with Gasteiger partial charge >= 0.3 is 0 Å². The van der Waals surface area contributed by atoms with Gasteiger partial charge in [0.15, 0.2) is 0 Å². The number of hydrogen-bond donors (Lipinski definition) is 1. The number of aryl methyl sites for hydroxylation is 1. The van der Waals surface area contributed by atoms with Crippen LogP contribution in [-0.4, -0.2) is 33.1 Å². The third-order valence-electron chi connectivity index (χ3n) is 4.69. The van der Waals surface area contributed by atoms with Crippen LogP contribution in [0, 0.1) is 0 Å². The number of fused-ring (bicyclic) bond motifs is 1. The summed E-state index contributed by atoms with van der Waals surface area (Å²) in [4.78, 5) is 4.61. The molecule has 0 aliphatic carbocycles. The quantitative estimate of drug-likeness (QED) is 0.523. The normalized spacial score (nSPS) is 11.1. The molecular formula is C22H29N3O3. The van der Waals surface area contributed by atoms with Gasteiger partial charge in [-0.3, -0.25) is 4.68 Å². The highest BCUT2D eigenvalue weighted by Gasteiger charge is 2.18. The number of pyridine rings is 1. The Hall–Kier alpha value is -2.60. The van der Waals surface area contributed by atoms with Crippen LogP contribution in [0.2, 0.25) is 0 Å². The van der Waals surface area contributed by atoms with Crippen molar-refractivity contribution in [3.63, 3.8) is 0 Å². The van der Waals surface area contributed by atoms with E-state index in [-0.39, 0.29) is 6.61 Å². The number of unbranched alkanes of at least 4 members (excludes halogenated alkanes) is 2. The van der Waals surface area contributed by atoms with Crippen LogP contribution in [0.4, 0.5) is 0 Å². The van der Waals surface area contributed by atoms with Crippen LogP contribution >= 0.6 is 0 Å². The van der Waals surface area contributed by atoms with Crippen LogP contribution in [0.1, 0.15) is 45.1 Å². The van der Waals surface area contributed by atoms with E-state index in [0.717, 1.165) is 53.4 Å². The van der Waals surface area contributed by atoms with E-state index in [1.54, 1.807) is 4.68 Å². The smallest absolute Gasteiger partial charge is 0.226 e. The molecule has 3 aromatic rings. The molecule has 0 aliphatic heterocycles. The molecule has 0 amide bonds. The van der Waals surface area contributed by atoms with Crippen LogP contribution in [0.5, 0.6) is 11.8 Å². The highest BCUT2D eigenvalue weighted by Crippen LogP contribution is 2.35. The van der Waals surface area contributed by atoms with Gasteiger partial charge in [-0.1, -0.05) is 44.9 Å². The average Bonchev–Trinajstić information content (AvgIpc) is 3.05. The molecule has 0 saturated carbocycles. The van der Waals surface area contributed by atoms with Crippen molar-refractivity contribution in [2.75, 3.05) is 13.2 Å². The lowest BCUT2D eigenvalue weighted by atomic mass is 10.1. The molecule has 0 saturated heterocycles. The van der Waals surface area contributed by atoms with E-state index in [1.807, 2.05) is 37.4 Å². The van der Waals surface area contributed by atoms with Gasteiger partial charge in [0.1, 0.15) is 5.69 Å². The Morgan fingerprint density at radius 2 is 1.75 bits per heavy atom. The zero-order valence-corrected chi connectivity index (χ0v) is 16.9. The molecule has 0 aliphatic rings. The van der Waals surface area contributed by atoms with E-state index in [9.17, 15) is 5.11 Å². The minimum atomic E-state index is -0.0291. The number of rotatable bonds is 10. The Morgan fingerprint density at radius 3 is 2.46 bits per heavy atom. The SMILES string of the molecule is CCCCOc1ccc(-c2nn(C)c3c(CO)cccc23)c(OCCCC)n1. The summed E-state index contributed by atoms with van der Waals surface area (Å²) >= 11 is 0. The minimum absolute atomic E-state index is 0.0291. The van der Waals surface area contributed by atoms with Gasteiger partial charge in [0.05, 0.1) is 30.9 Å². The lowest BCUT2D eigenvalue weighted by Crippen LogP contribution is -2.04. The predicted octanol–water partition coefficient (Wildman–Crippen LogP) is 4.49. The van der Waals surface area contributed by atoms with Crippen molar-refractivity contribution >= 4 is 10.9 Å². The third-order valence-corrected chi connectivity index (χ3v) is 4.69. The molecule has 1 aromatic carbocycles. The molecule has 6 heteroatoms. The highest BCUT2D eigenvalue weighted by molar-refractivity contribution is 5.96. The molecule has 0 radical (unpaired) electrons. The highest BCUT2D eigenvalue weighted by atomic mass is 16.5. The first-order valence-electron chi connectivity index (χ1n) is 10.0. The van der Waals surface area contributed by atoms with Gasteiger partial charge in [-0.05, 0) is 18.9 Å². The molecule has 6 nitrogen and oxygen atoms in total. The standard InChI is InChI=1S/C22H29N3O3/c1-4-6-13-27-19-12-11-18(22(23-19)28-14-7-5-2)20-17-10-8-9-16(15-26)21(17)25(3)24-20/h8-12,26H,4-7,13-15H2,1-3H3. The molecule has 28 heavy (non-hydrogen) atoms. The van der Waals surface area contributed by atoms with Crippen molar-refractivity contribution in [3.8, 4) is 23.0 Å². The maximum atomic E-state index is 9.68. The molecule has 0 spiro atoms. The molecule has 0 atom stereocenters. The molecule has 3 rings (SSSR count). The summed E-state index contributed by atoms with van der Waals surface area (Å²) in [5, 5.41) is 15.4. The largest absolute Gasteiger partial charge is 0.478 e. The molecule has 2 aromatic heterocycles. The van der Waals surface area contributed by atoms with E-state index >= 15 is 0 Å². The molecule has 150 valence electrons. The van der Waals surface area contributed by atoms with E-state index in [1.165, 1.54) is 0 Å². The Balaban J connectivity index is 2.03. The number of para-hydroxylation sites is 1. The number of aliphatic hydroxyl groups excluding tert-OH is 1. The van der Waals surface area contributed by atoms with Gasteiger partial charge in [-0.25, -0.2) is 0 Å². The maximum Gasteiger partial charge on any atom is 0.226 e. The van der Waals surface area contributed by atoms with Crippen LogP contribution in [-0.2, 0) is 13.7 Å². The topological polar surface area (TPSA) is 69.4 Å². The Bertz CT molecular complexity index is 921. The summed E-state index contributed by atoms with van der Waals surface area (Å²) in [5.41, 5.74) is 3.40.